The van der Waals surface area contributed by atoms with Crippen molar-refractivity contribution < 1.29 is 14.3 Å². The molecule has 0 aromatic heterocycles. The highest BCUT2D eigenvalue weighted by molar-refractivity contribution is 6.20. The molecule has 0 saturated carbocycles. The summed E-state index contributed by atoms with van der Waals surface area (Å²) in [5, 5.41) is 0. The fraction of sp³-hybridized carbons (Fsp3) is 0.357. The minimum Gasteiger partial charge on any atom is -0.497 e. The van der Waals surface area contributed by atoms with E-state index in [1.54, 1.807) is 33.4 Å². The van der Waals surface area contributed by atoms with E-state index in [-0.39, 0.29) is 5.78 Å². The summed E-state index contributed by atoms with van der Waals surface area (Å²) in [6.07, 6.45) is 1.78. The quantitative estimate of drug-likeness (QED) is 0.750. The lowest BCUT2D eigenvalue weighted by Crippen LogP contribution is -2.07. The molecule has 1 aromatic rings. The fourth-order valence-corrected chi connectivity index (χ4v) is 1.63. The largest absolute Gasteiger partial charge is 0.497 e. The van der Waals surface area contributed by atoms with Crippen LogP contribution in [0.3, 0.4) is 0 Å². The van der Waals surface area contributed by atoms with Gasteiger partial charge in [0.2, 0.25) is 0 Å². The average molecular weight is 249 g/mol. The maximum atomic E-state index is 11.7. The molecule has 1 rings (SSSR count). The van der Waals surface area contributed by atoms with E-state index >= 15 is 0 Å². The molecule has 0 aliphatic heterocycles. The molecule has 0 aliphatic carbocycles. The summed E-state index contributed by atoms with van der Waals surface area (Å²) in [5.74, 6) is 1.31. The van der Waals surface area contributed by atoms with Crippen LogP contribution in [-0.4, -0.2) is 39.0 Å². The number of ether oxygens (including phenoxy) is 2. The number of nitrogens with zero attached hydrogens (tertiary/aromatic N) is 1. The van der Waals surface area contributed by atoms with E-state index in [9.17, 15) is 4.79 Å². The number of carbonyl (C=O) groups is 1. The Kier molecular flexibility index (Phi) is 4.77. The van der Waals surface area contributed by atoms with Crippen molar-refractivity contribution in [2.75, 3.05) is 28.3 Å². The first-order valence-corrected chi connectivity index (χ1v) is 5.61. The second kappa shape index (κ2) is 6.10. The van der Waals surface area contributed by atoms with E-state index < -0.39 is 0 Å². The Balaban J connectivity index is 3.32. The van der Waals surface area contributed by atoms with Crippen molar-refractivity contribution in [3.63, 3.8) is 0 Å². The van der Waals surface area contributed by atoms with Crippen LogP contribution in [0.15, 0.2) is 24.4 Å². The first-order chi connectivity index (χ1) is 8.49. The third kappa shape index (κ3) is 3.26. The number of rotatable bonds is 5. The molecular formula is C14H19NO3. The van der Waals surface area contributed by atoms with Crippen LogP contribution in [0, 0.1) is 0 Å². The zero-order valence-corrected chi connectivity index (χ0v) is 11.5. The van der Waals surface area contributed by atoms with Gasteiger partial charge in [0.25, 0.3) is 0 Å². The van der Waals surface area contributed by atoms with E-state index in [4.69, 9.17) is 9.47 Å². The monoisotopic (exact) mass is 249 g/mol. The molecule has 0 atom stereocenters. The van der Waals surface area contributed by atoms with Gasteiger partial charge in [0.05, 0.1) is 14.2 Å². The maximum absolute atomic E-state index is 11.7. The van der Waals surface area contributed by atoms with E-state index in [0.717, 1.165) is 5.56 Å². The first kappa shape index (κ1) is 14.1. The van der Waals surface area contributed by atoms with Crippen molar-refractivity contribution >= 4 is 11.4 Å². The van der Waals surface area contributed by atoms with E-state index in [0.29, 0.717) is 17.1 Å². The summed E-state index contributed by atoms with van der Waals surface area (Å²) >= 11 is 0. The summed E-state index contributed by atoms with van der Waals surface area (Å²) in [6, 6.07) is 5.40. The van der Waals surface area contributed by atoms with Crippen LogP contribution in [0.5, 0.6) is 11.5 Å². The second-order valence-corrected chi connectivity index (χ2v) is 4.13. The van der Waals surface area contributed by atoms with Gasteiger partial charge in [0, 0.05) is 37.5 Å². The molecule has 0 N–H and O–H groups in total. The molecule has 0 bridgehead atoms. The van der Waals surface area contributed by atoms with Crippen LogP contribution < -0.4 is 9.47 Å². The smallest absolute Gasteiger partial charge is 0.162 e. The van der Waals surface area contributed by atoms with E-state index in [1.807, 2.05) is 31.1 Å². The molecule has 0 unspecified atom stereocenters. The Morgan fingerprint density at radius 1 is 1.22 bits per heavy atom. The predicted octanol–water partition coefficient (Wildman–Crippen LogP) is 2.20. The van der Waals surface area contributed by atoms with Gasteiger partial charge < -0.3 is 14.4 Å². The fourth-order valence-electron chi connectivity index (χ4n) is 1.63. The molecule has 0 saturated heterocycles. The van der Waals surface area contributed by atoms with Crippen molar-refractivity contribution in [1.82, 2.24) is 4.90 Å². The molecule has 0 spiro atoms. The molecule has 1 aromatic carbocycles. The van der Waals surface area contributed by atoms with Gasteiger partial charge in [-0.15, -0.1) is 0 Å². The lowest BCUT2D eigenvalue weighted by molar-refractivity contribution is -0.111. The number of hydrogen-bond donors (Lipinski definition) is 0. The molecular weight excluding hydrogens is 230 g/mol. The Morgan fingerprint density at radius 3 is 2.33 bits per heavy atom. The lowest BCUT2D eigenvalue weighted by Gasteiger charge is -2.14. The van der Waals surface area contributed by atoms with Crippen molar-refractivity contribution in [3.05, 3.63) is 30.0 Å². The summed E-state index contributed by atoms with van der Waals surface area (Å²) in [4.78, 5) is 13.6. The molecule has 0 aliphatic rings. The number of carbonyl (C=O) groups excluding carboxylic acids is 1. The van der Waals surface area contributed by atoms with Crippen LogP contribution in [0.4, 0.5) is 0 Å². The van der Waals surface area contributed by atoms with Crippen molar-refractivity contribution in [2.45, 2.75) is 6.92 Å². The summed E-state index contributed by atoms with van der Waals surface area (Å²) < 4.78 is 10.4. The number of allylic oxidation sites excluding steroid dienone is 1. The highest BCUT2D eigenvalue weighted by atomic mass is 16.5. The SMILES string of the molecule is COc1ccc(/C(=C\N(C)C)C(C)=O)c(OC)c1. The number of benzene rings is 1. The van der Waals surface area contributed by atoms with Gasteiger partial charge in [-0.25, -0.2) is 0 Å². The second-order valence-electron chi connectivity index (χ2n) is 4.13. The highest BCUT2D eigenvalue weighted by Crippen LogP contribution is 2.30. The van der Waals surface area contributed by atoms with Gasteiger partial charge in [-0.2, -0.15) is 0 Å². The van der Waals surface area contributed by atoms with Crippen molar-refractivity contribution in [3.8, 4) is 11.5 Å². The third-order valence-electron chi connectivity index (χ3n) is 2.47. The van der Waals surface area contributed by atoms with Crippen molar-refractivity contribution in [1.29, 1.82) is 0 Å². The number of hydrogen-bond acceptors (Lipinski definition) is 4. The van der Waals surface area contributed by atoms with Crippen LogP contribution in [-0.2, 0) is 4.79 Å². The Labute approximate surface area is 108 Å². The Bertz CT molecular complexity index is 464. The zero-order valence-electron chi connectivity index (χ0n) is 11.5. The van der Waals surface area contributed by atoms with Crippen LogP contribution in [0.1, 0.15) is 12.5 Å². The van der Waals surface area contributed by atoms with E-state index in [2.05, 4.69) is 0 Å². The van der Waals surface area contributed by atoms with Gasteiger partial charge in [-0.1, -0.05) is 0 Å². The molecule has 4 nitrogen and oxygen atoms in total. The Hall–Kier alpha value is -1.97. The van der Waals surface area contributed by atoms with Crippen molar-refractivity contribution in [2.24, 2.45) is 0 Å². The topological polar surface area (TPSA) is 38.8 Å². The van der Waals surface area contributed by atoms with Crippen LogP contribution >= 0.6 is 0 Å². The molecule has 98 valence electrons. The molecule has 0 radical (unpaired) electrons. The molecule has 0 heterocycles. The molecule has 4 heteroatoms. The summed E-state index contributed by atoms with van der Waals surface area (Å²) in [5.41, 5.74) is 1.37. The van der Waals surface area contributed by atoms with Gasteiger partial charge in [-0.05, 0) is 19.1 Å². The number of methoxy groups -OCH3 is 2. The Morgan fingerprint density at radius 2 is 1.89 bits per heavy atom. The first-order valence-electron chi connectivity index (χ1n) is 5.61. The maximum Gasteiger partial charge on any atom is 0.162 e. The normalized spacial score (nSPS) is 11.1. The average Bonchev–Trinajstić information content (AvgIpc) is 2.34. The van der Waals surface area contributed by atoms with Gasteiger partial charge in [-0.3, -0.25) is 4.79 Å². The minimum absolute atomic E-state index is 0.00725. The summed E-state index contributed by atoms with van der Waals surface area (Å²) in [7, 11) is 6.92. The lowest BCUT2D eigenvalue weighted by atomic mass is 10.0. The zero-order chi connectivity index (χ0) is 13.7. The standard InChI is InChI=1S/C14H19NO3/c1-10(16)13(9-15(2)3)12-7-6-11(17-4)8-14(12)18-5/h6-9H,1-5H3/b13-9-. The third-order valence-corrected chi connectivity index (χ3v) is 2.47. The minimum atomic E-state index is -0.00725. The molecule has 18 heavy (non-hydrogen) atoms. The molecule has 0 amide bonds. The van der Waals surface area contributed by atoms with E-state index in [1.165, 1.54) is 0 Å². The summed E-state index contributed by atoms with van der Waals surface area (Å²) in [6.45, 7) is 1.54. The van der Waals surface area contributed by atoms with Gasteiger partial charge in [0.1, 0.15) is 11.5 Å². The number of ketones is 1. The number of Topliss-reactive ketones (excluding diaryl/α,β-unsaturated/α-hetero) is 1. The van der Waals surface area contributed by atoms with Crippen LogP contribution in [0.2, 0.25) is 0 Å². The van der Waals surface area contributed by atoms with Gasteiger partial charge >= 0.3 is 0 Å². The van der Waals surface area contributed by atoms with Gasteiger partial charge in [0.15, 0.2) is 5.78 Å². The van der Waals surface area contributed by atoms with Crippen LogP contribution in [0.25, 0.3) is 5.57 Å². The predicted molar refractivity (Wildman–Crippen MR) is 71.9 cm³/mol. The highest BCUT2D eigenvalue weighted by Gasteiger charge is 2.14. The molecule has 0 fully saturated rings.